The molecule has 1 spiro atoms. The minimum absolute atomic E-state index is 0.00537. The molecule has 0 aromatic heterocycles. The van der Waals surface area contributed by atoms with Gasteiger partial charge in [0.2, 0.25) is 5.91 Å². The van der Waals surface area contributed by atoms with Crippen LogP contribution in [0.15, 0.2) is 12.2 Å². The lowest BCUT2D eigenvalue weighted by molar-refractivity contribution is -0.154. The van der Waals surface area contributed by atoms with E-state index in [9.17, 15) is 9.59 Å². The van der Waals surface area contributed by atoms with Gasteiger partial charge in [-0.25, -0.2) is 0 Å². The Labute approximate surface area is 135 Å². The van der Waals surface area contributed by atoms with Gasteiger partial charge in [-0.3, -0.25) is 9.59 Å². The van der Waals surface area contributed by atoms with Gasteiger partial charge in [-0.15, -0.1) is 0 Å². The van der Waals surface area contributed by atoms with Crippen molar-refractivity contribution in [3.8, 4) is 0 Å². The average molecular weight is 321 g/mol. The van der Waals surface area contributed by atoms with E-state index in [0.29, 0.717) is 19.7 Å². The van der Waals surface area contributed by atoms with Gasteiger partial charge in [0.05, 0.1) is 31.3 Å². The van der Waals surface area contributed by atoms with Crippen LogP contribution >= 0.6 is 0 Å². The SMILES string of the molecule is CCCOC(=O)[C@@H]1[C@H]2C=C[C@@]3(CN(C[C@H]4CCCO4)C(=O)[C@@H]13)O2. The fraction of sp³-hybridized carbons (Fsp3) is 0.765. The second kappa shape index (κ2) is 5.60. The summed E-state index contributed by atoms with van der Waals surface area (Å²) in [5.74, 6) is -1.25. The topological polar surface area (TPSA) is 65.1 Å². The number of rotatable bonds is 5. The fourth-order valence-corrected chi connectivity index (χ4v) is 4.33. The van der Waals surface area contributed by atoms with Gasteiger partial charge in [0, 0.05) is 13.2 Å². The minimum atomic E-state index is -0.643. The Balaban J connectivity index is 1.52. The molecule has 4 aliphatic rings. The summed E-state index contributed by atoms with van der Waals surface area (Å²) in [5, 5.41) is 0. The maximum absolute atomic E-state index is 12.9. The molecule has 6 nitrogen and oxygen atoms in total. The average Bonchev–Trinajstić information content (AvgIpc) is 3.28. The number of carbonyl (C=O) groups is 2. The third-order valence-corrected chi connectivity index (χ3v) is 5.35. The molecule has 2 bridgehead atoms. The lowest BCUT2D eigenvalue weighted by Gasteiger charge is -2.23. The molecule has 5 atom stereocenters. The van der Waals surface area contributed by atoms with Crippen molar-refractivity contribution in [3.05, 3.63) is 12.2 Å². The molecule has 0 unspecified atom stereocenters. The Morgan fingerprint density at radius 2 is 2.39 bits per heavy atom. The summed E-state index contributed by atoms with van der Waals surface area (Å²) in [4.78, 5) is 27.1. The van der Waals surface area contributed by atoms with Crippen LogP contribution < -0.4 is 0 Å². The predicted octanol–water partition coefficient (Wildman–Crippen LogP) is 0.901. The van der Waals surface area contributed by atoms with Gasteiger partial charge in [0.1, 0.15) is 11.5 Å². The highest BCUT2D eigenvalue weighted by molar-refractivity contribution is 5.91. The molecule has 23 heavy (non-hydrogen) atoms. The summed E-state index contributed by atoms with van der Waals surface area (Å²) in [6, 6.07) is 0. The van der Waals surface area contributed by atoms with Gasteiger partial charge in [0.15, 0.2) is 0 Å². The van der Waals surface area contributed by atoms with E-state index in [4.69, 9.17) is 14.2 Å². The van der Waals surface area contributed by atoms with Crippen LogP contribution in [0.3, 0.4) is 0 Å². The Hall–Kier alpha value is -1.40. The van der Waals surface area contributed by atoms with E-state index < -0.39 is 17.4 Å². The normalized spacial score (nSPS) is 40.9. The van der Waals surface area contributed by atoms with Crippen LogP contribution in [0, 0.1) is 11.8 Å². The van der Waals surface area contributed by atoms with E-state index in [2.05, 4.69) is 0 Å². The second-order valence-corrected chi connectivity index (χ2v) is 6.92. The van der Waals surface area contributed by atoms with Crippen molar-refractivity contribution in [1.29, 1.82) is 0 Å². The summed E-state index contributed by atoms with van der Waals surface area (Å²) in [7, 11) is 0. The number of esters is 1. The van der Waals surface area contributed by atoms with E-state index >= 15 is 0 Å². The lowest BCUT2D eigenvalue weighted by atomic mass is 9.77. The van der Waals surface area contributed by atoms with Gasteiger partial charge < -0.3 is 19.1 Å². The van der Waals surface area contributed by atoms with Crippen LogP contribution in [-0.2, 0) is 23.8 Å². The van der Waals surface area contributed by atoms with Crippen LogP contribution in [0.25, 0.3) is 0 Å². The van der Waals surface area contributed by atoms with Gasteiger partial charge in [-0.2, -0.15) is 0 Å². The van der Waals surface area contributed by atoms with Crippen molar-refractivity contribution < 1.29 is 23.8 Å². The van der Waals surface area contributed by atoms with Crippen LogP contribution in [0.2, 0.25) is 0 Å². The third-order valence-electron chi connectivity index (χ3n) is 5.35. The highest BCUT2D eigenvalue weighted by atomic mass is 16.6. The quantitative estimate of drug-likeness (QED) is 0.556. The molecular formula is C17H23NO5. The van der Waals surface area contributed by atoms with Gasteiger partial charge in [-0.1, -0.05) is 19.1 Å². The van der Waals surface area contributed by atoms with E-state index in [1.807, 2.05) is 24.0 Å². The van der Waals surface area contributed by atoms with Crippen LogP contribution in [0.4, 0.5) is 0 Å². The molecule has 4 aliphatic heterocycles. The fourth-order valence-electron chi connectivity index (χ4n) is 4.33. The lowest BCUT2D eigenvalue weighted by Crippen LogP contribution is -2.40. The molecule has 126 valence electrons. The summed E-state index contributed by atoms with van der Waals surface area (Å²) in [6.45, 7) is 4.22. The molecule has 3 fully saturated rings. The zero-order valence-corrected chi connectivity index (χ0v) is 13.4. The number of carbonyl (C=O) groups excluding carboxylic acids is 2. The molecule has 0 aromatic carbocycles. The van der Waals surface area contributed by atoms with Crippen LogP contribution in [0.1, 0.15) is 26.2 Å². The number of hydrogen-bond acceptors (Lipinski definition) is 5. The zero-order valence-electron chi connectivity index (χ0n) is 13.4. The monoisotopic (exact) mass is 321 g/mol. The standard InChI is InChI=1S/C17H23NO5/c1-2-7-22-16(20)13-12-5-6-17(23-12)10-18(15(19)14(13)17)9-11-4-3-8-21-11/h5-6,11-14H,2-4,7-10H2,1H3/t11-,12-,13-,14-,17+/m1/s1. The van der Waals surface area contributed by atoms with Crippen molar-refractivity contribution in [2.24, 2.45) is 11.8 Å². The molecular weight excluding hydrogens is 298 g/mol. The van der Waals surface area contributed by atoms with E-state index in [-0.39, 0.29) is 24.1 Å². The number of likely N-dealkylation sites (tertiary alicyclic amines) is 1. The number of nitrogens with zero attached hydrogens (tertiary/aromatic N) is 1. The Morgan fingerprint density at radius 1 is 1.52 bits per heavy atom. The second-order valence-electron chi connectivity index (χ2n) is 6.92. The van der Waals surface area contributed by atoms with Crippen molar-refractivity contribution in [1.82, 2.24) is 4.90 Å². The summed E-state index contributed by atoms with van der Waals surface area (Å²) < 4.78 is 17.0. The molecule has 3 saturated heterocycles. The van der Waals surface area contributed by atoms with Gasteiger partial charge in [-0.05, 0) is 19.3 Å². The number of ether oxygens (including phenoxy) is 3. The number of hydrogen-bond donors (Lipinski definition) is 0. The molecule has 4 heterocycles. The third kappa shape index (κ3) is 2.31. The zero-order chi connectivity index (χ0) is 16.0. The molecule has 4 rings (SSSR count). The molecule has 6 heteroatoms. The Morgan fingerprint density at radius 3 is 3.13 bits per heavy atom. The molecule has 0 N–H and O–H groups in total. The largest absolute Gasteiger partial charge is 0.465 e. The molecule has 0 radical (unpaired) electrons. The van der Waals surface area contributed by atoms with Crippen molar-refractivity contribution in [3.63, 3.8) is 0 Å². The smallest absolute Gasteiger partial charge is 0.312 e. The van der Waals surface area contributed by atoms with E-state index in [0.717, 1.165) is 25.9 Å². The predicted molar refractivity (Wildman–Crippen MR) is 80.5 cm³/mol. The van der Waals surface area contributed by atoms with E-state index in [1.54, 1.807) is 0 Å². The first kappa shape index (κ1) is 15.1. The Bertz CT molecular complexity index is 541. The first-order valence-corrected chi connectivity index (χ1v) is 8.59. The van der Waals surface area contributed by atoms with Gasteiger partial charge in [0.25, 0.3) is 0 Å². The van der Waals surface area contributed by atoms with Crippen molar-refractivity contribution >= 4 is 11.9 Å². The molecule has 0 aromatic rings. The minimum Gasteiger partial charge on any atom is -0.465 e. The first-order chi connectivity index (χ1) is 11.1. The highest BCUT2D eigenvalue weighted by Gasteiger charge is 2.67. The first-order valence-electron chi connectivity index (χ1n) is 8.59. The number of fused-ring (bicyclic) bond motifs is 1. The van der Waals surface area contributed by atoms with E-state index in [1.165, 1.54) is 0 Å². The summed E-state index contributed by atoms with van der Waals surface area (Å²) in [6.07, 6.45) is 6.48. The molecule has 1 amide bonds. The van der Waals surface area contributed by atoms with Crippen molar-refractivity contribution in [2.45, 2.75) is 44.0 Å². The van der Waals surface area contributed by atoms with Crippen molar-refractivity contribution in [2.75, 3.05) is 26.3 Å². The maximum Gasteiger partial charge on any atom is 0.312 e. The van der Waals surface area contributed by atoms with Crippen LogP contribution in [-0.4, -0.2) is 60.9 Å². The number of amides is 1. The Kier molecular flexibility index (Phi) is 3.69. The van der Waals surface area contributed by atoms with Crippen LogP contribution in [0.5, 0.6) is 0 Å². The maximum atomic E-state index is 12.9. The molecule has 0 saturated carbocycles. The molecule has 0 aliphatic carbocycles. The summed E-state index contributed by atoms with van der Waals surface area (Å²) in [5.41, 5.74) is -0.643. The summed E-state index contributed by atoms with van der Waals surface area (Å²) >= 11 is 0. The van der Waals surface area contributed by atoms with Gasteiger partial charge >= 0.3 is 5.97 Å². The highest BCUT2D eigenvalue weighted by Crippen LogP contribution is 2.52.